The number of carbonyl (C=O) groups excluding carboxylic acids is 1. The minimum Gasteiger partial charge on any atom is -0.396 e. The van der Waals surface area contributed by atoms with E-state index in [1.807, 2.05) is 13.8 Å². The highest BCUT2D eigenvalue weighted by Gasteiger charge is 2.23. The van der Waals surface area contributed by atoms with Crippen LogP contribution in [0.15, 0.2) is 0 Å². The Morgan fingerprint density at radius 1 is 1.56 bits per heavy atom. The van der Waals surface area contributed by atoms with Gasteiger partial charge in [-0.25, -0.2) is 0 Å². The highest BCUT2D eigenvalue weighted by atomic mass is 35.5. The number of hydrogen-bond donors (Lipinski definition) is 3. The first-order valence-electron chi connectivity index (χ1n) is 5.77. The third-order valence-corrected chi connectivity index (χ3v) is 3.18. The van der Waals surface area contributed by atoms with Crippen molar-refractivity contribution in [3.05, 3.63) is 0 Å². The lowest BCUT2D eigenvalue weighted by molar-refractivity contribution is -0.126. The van der Waals surface area contributed by atoms with E-state index in [1.54, 1.807) is 0 Å². The van der Waals surface area contributed by atoms with Gasteiger partial charge in [-0.05, 0) is 32.2 Å². The van der Waals surface area contributed by atoms with E-state index in [9.17, 15) is 4.79 Å². The van der Waals surface area contributed by atoms with Gasteiger partial charge in [-0.15, -0.1) is 12.4 Å². The molecule has 0 spiro atoms. The summed E-state index contributed by atoms with van der Waals surface area (Å²) in [5.41, 5.74) is 0. The molecule has 0 aromatic heterocycles. The zero-order chi connectivity index (χ0) is 11.3. The molecule has 0 saturated carbocycles. The quantitative estimate of drug-likeness (QED) is 0.683. The largest absolute Gasteiger partial charge is 0.396 e. The second-order valence-electron chi connectivity index (χ2n) is 4.50. The lowest BCUT2D eigenvalue weighted by atomic mass is 9.97. The Balaban J connectivity index is 0.00000225. The molecular weight excluding hydrogens is 228 g/mol. The summed E-state index contributed by atoms with van der Waals surface area (Å²) in [6.07, 6.45) is 2.04. The Labute approximate surface area is 104 Å². The van der Waals surface area contributed by atoms with E-state index in [1.165, 1.54) is 0 Å². The predicted octanol–water partition coefficient (Wildman–Crippen LogP) is 0.541. The molecule has 5 heteroatoms. The molecule has 96 valence electrons. The van der Waals surface area contributed by atoms with Crippen LogP contribution in [0.3, 0.4) is 0 Å². The fourth-order valence-electron chi connectivity index (χ4n) is 1.72. The summed E-state index contributed by atoms with van der Waals surface area (Å²) in [6, 6.07) is 0.0458. The van der Waals surface area contributed by atoms with Crippen LogP contribution in [0.25, 0.3) is 0 Å². The van der Waals surface area contributed by atoms with Crippen molar-refractivity contribution in [2.75, 3.05) is 19.7 Å². The zero-order valence-corrected chi connectivity index (χ0v) is 10.8. The summed E-state index contributed by atoms with van der Waals surface area (Å²) in [5.74, 6) is 0.340. The first-order valence-corrected chi connectivity index (χ1v) is 5.77. The van der Waals surface area contributed by atoms with Crippen molar-refractivity contribution in [2.24, 2.45) is 11.8 Å². The standard InChI is InChI=1S/C11H22N2O2.ClH/c1-8(7-14)9(2)13-11(15)10-4-3-5-12-6-10;/h8-10,12,14H,3-7H2,1-2H3,(H,13,15);1H/t8?,9?,10-;/m1./s1. The lowest BCUT2D eigenvalue weighted by Gasteiger charge is -2.25. The van der Waals surface area contributed by atoms with Gasteiger partial charge in [0.15, 0.2) is 0 Å². The highest BCUT2D eigenvalue weighted by Crippen LogP contribution is 2.11. The monoisotopic (exact) mass is 250 g/mol. The number of aliphatic hydroxyl groups is 1. The summed E-state index contributed by atoms with van der Waals surface area (Å²) in [7, 11) is 0. The van der Waals surface area contributed by atoms with Gasteiger partial charge in [-0.2, -0.15) is 0 Å². The van der Waals surface area contributed by atoms with Crippen LogP contribution in [0.2, 0.25) is 0 Å². The normalized spacial score (nSPS) is 24.1. The van der Waals surface area contributed by atoms with Crippen LogP contribution < -0.4 is 10.6 Å². The minimum atomic E-state index is 0. The number of piperidine rings is 1. The number of halogens is 1. The second-order valence-corrected chi connectivity index (χ2v) is 4.50. The molecule has 1 saturated heterocycles. The third-order valence-electron chi connectivity index (χ3n) is 3.18. The molecule has 16 heavy (non-hydrogen) atoms. The predicted molar refractivity (Wildman–Crippen MR) is 66.7 cm³/mol. The SMILES string of the molecule is CC(CO)C(C)NC(=O)[C@@H]1CCCNC1.Cl. The van der Waals surface area contributed by atoms with Crippen LogP contribution in [-0.2, 0) is 4.79 Å². The molecule has 2 unspecified atom stereocenters. The van der Waals surface area contributed by atoms with Gasteiger partial charge in [0.05, 0.1) is 5.92 Å². The molecule has 3 N–H and O–H groups in total. The van der Waals surface area contributed by atoms with E-state index < -0.39 is 0 Å². The van der Waals surface area contributed by atoms with Crippen LogP contribution in [0.1, 0.15) is 26.7 Å². The highest BCUT2D eigenvalue weighted by molar-refractivity contribution is 5.85. The van der Waals surface area contributed by atoms with Gasteiger partial charge in [-0.1, -0.05) is 6.92 Å². The van der Waals surface area contributed by atoms with Crippen molar-refractivity contribution in [1.82, 2.24) is 10.6 Å². The third kappa shape index (κ3) is 4.68. The van der Waals surface area contributed by atoms with Gasteiger partial charge in [0.2, 0.25) is 5.91 Å². The van der Waals surface area contributed by atoms with Crippen LogP contribution in [0.4, 0.5) is 0 Å². The Bertz CT molecular complexity index is 208. The van der Waals surface area contributed by atoms with E-state index in [2.05, 4.69) is 10.6 Å². The Kier molecular flexibility index (Phi) is 7.72. The van der Waals surface area contributed by atoms with Crippen LogP contribution in [0.5, 0.6) is 0 Å². The van der Waals surface area contributed by atoms with E-state index in [0.717, 1.165) is 25.9 Å². The average Bonchev–Trinajstić information content (AvgIpc) is 2.29. The van der Waals surface area contributed by atoms with Crippen molar-refractivity contribution in [1.29, 1.82) is 0 Å². The summed E-state index contributed by atoms with van der Waals surface area (Å²) < 4.78 is 0. The second kappa shape index (κ2) is 7.87. The molecule has 0 bridgehead atoms. The van der Waals surface area contributed by atoms with Crippen molar-refractivity contribution in [2.45, 2.75) is 32.7 Å². The van der Waals surface area contributed by atoms with E-state index >= 15 is 0 Å². The van der Waals surface area contributed by atoms with Gasteiger partial charge in [0, 0.05) is 19.2 Å². The van der Waals surface area contributed by atoms with Crippen LogP contribution in [-0.4, -0.2) is 36.8 Å². The topological polar surface area (TPSA) is 61.4 Å². The summed E-state index contributed by atoms with van der Waals surface area (Å²) >= 11 is 0. The Morgan fingerprint density at radius 3 is 2.75 bits per heavy atom. The first kappa shape index (κ1) is 15.7. The van der Waals surface area contributed by atoms with E-state index in [-0.39, 0.29) is 42.8 Å². The smallest absolute Gasteiger partial charge is 0.224 e. The summed E-state index contributed by atoms with van der Waals surface area (Å²) in [4.78, 5) is 11.8. The number of amides is 1. The molecule has 3 atom stereocenters. The Hall–Kier alpha value is -0.320. The van der Waals surface area contributed by atoms with Gasteiger partial charge in [0.25, 0.3) is 0 Å². The van der Waals surface area contributed by atoms with Gasteiger partial charge < -0.3 is 15.7 Å². The molecule has 1 aliphatic rings. The molecular formula is C11H23ClN2O2. The van der Waals surface area contributed by atoms with Crippen molar-refractivity contribution < 1.29 is 9.90 Å². The van der Waals surface area contributed by atoms with Gasteiger partial charge in [0.1, 0.15) is 0 Å². The average molecular weight is 251 g/mol. The minimum absolute atomic E-state index is 0. The molecule has 1 heterocycles. The maximum absolute atomic E-state index is 11.8. The van der Waals surface area contributed by atoms with Crippen LogP contribution >= 0.6 is 12.4 Å². The van der Waals surface area contributed by atoms with Crippen molar-refractivity contribution >= 4 is 18.3 Å². The van der Waals surface area contributed by atoms with E-state index in [0.29, 0.717) is 0 Å². The fourth-order valence-corrected chi connectivity index (χ4v) is 1.72. The van der Waals surface area contributed by atoms with E-state index in [4.69, 9.17) is 5.11 Å². The summed E-state index contributed by atoms with van der Waals surface area (Å²) in [6.45, 7) is 5.79. The lowest BCUT2D eigenvalue weighted by Crippen LogP contribution is -2.45. The van der Waals surface area contributed by atoms with Gasteiger partial charge >= 0.3 is 0 Å². The number of carbonyl (C=O) groups is 1. The number of hydrogen-bond acceptors (Lipinski definition) is 3. The zero-order valence-electron chi connectivity index (χ0n) is 10.0. The van der Waals surface area contributed by atoms with Crippen LogP contribution in [0, 0.1) is 11.8 Å². The molecule has 1 aliphatic heterocycles. The maximum Gasteiger partial charge on any atom is 0.224 e. The molecule has 0 aromatic rings. The van der Waals surface area contributed by atoms with Crippen molar-refractivity contribution in [3.63, 3.8) is 0 Å². The number of nitrogens with one attached hydrogen (secondary N) is 2. The Morgan fingerprint density at radius 2 is 2.25 bits per heavy atom. The molecule has 0 aliphatic carbocycles. The molecule has 0 aromatic carbocycles. The molecule has 1 amide bonds. The van der Waals surface area contributed by atoms with Gasteiger partial charge in [-0.3, -0.25) is 4.79 Å². The first-order chi connectivity index (χ1) is 7.15. The number of rotatable bonds is 4. The summed E-state index contributed by atoms with van der Waals surface area (Å²) in [5, 5.41) is 15.1. The maximum atomic E-state index is 11.8. The molecule has 4 nitrogen and oxygen atoms in total. The molecule has 0 radical (unpaired) electrons. The molecule has 1 rings (SSSR count). The van der Waals surface area contributed by atoms with Crippen molar-refractivity contribution in [3.8, 4) is 0 Å². The number of aliphatic hydroxyl groups excluding tert-OH is 1. The molecule has 1 fully saturated rings. The fraction of sp³-hybridized carbons (Fsp3) is 0.909.